The average molecular weight is 299 g/mol. The Bertz CT molecular complexity index is 767. The van der Waals surface area contributed by atoms with Gasteiger partial charge in [-0.05, 0) is 24.6 Å². The Morgan fingerprint density at radius 1 is 1.36 bits per heavy atom. The van der Waals surface area contributed by atoms with Crippen LogP contribution in [0.2, 0.25) is 0 Å². The smallest absolute Gasteiger partial charge is 0.298 e. The minimum atomic E-state index is 0.0483. The molecule has 1 saturated heterocycles. The number of aryl methyl sites for hydroxylation is 1. The molecule has 0 unspecified atom stereocenters. The Labute approximate surface area is 127 Å². The summed E-state index contributed by atoms with van der Waals surface area (Å²) in [6, 6.07) is 6.70. The third-order valence-electron chi connectivity index (χ3n) is 3.80. The second kappa shape index (κ2) is 5.42. The highest BCUT2D eigenvalue weighted by molar-refractivity contribution is 5.75. The number of aromatic nitrogens is 4. The van der Waals surface area contributed by atoms with Gasteiger partial charge in [-0.25, -0.2) is 4.68 Å². The number of hydrogen-bond donors (Lipinski definition) is 0. The van der Waals surface area contributed by atoms with Crippen LogP contribution in [0.1, 0.15) is 5.56 Å². The minimum absolute atomic E-state index is 0.0483. The Morgan fingerprint density at radius 2 is 2.32 bits per heavy atom. The molecule has 3 heterocycles. The first-order valence-corrected chi connectivity index (χ1v) is 7.36. The zero-order valence-corrected chi connectivity index (χ0v) is 12.3. The van der Waals surface area contributed by atoms with E-state index in [9.17, 15) is 0 Å². The third kappa shape index (κ3) is 2.55. The second-order valence-electron chi connectivity index (χ2n) is 5.53. The number of morpholine rings is 1. The highest BCUT2D eigenvalue weighted by Crippen LogP contribution is 2.24. The van der Waals surface area contributed by atoms with Gasteiger partial charge < -0.3 is 14.1 Å². The first-order valence-electron chi connectivity index (χ1n) is 7.36. The number of nitrogens with zero attached hydrogens (tertiary/aromatic N) is 5. The van der Waals surface area contributed by atoms with Gasteiger partial charge in [0, 0.05) is 12.7 Å². The fraction of sp³-hybridized carbons (Fsp3) is 0.400. The monoisotopic (exact) mass is 299 g/mol. The molecule has 1 aliphatic rings. The van der Waals surface area contributed by atoms with Gasteiger partial charge in [0.1, 0.15) is 5.52 Å². The first-order chi connectivity index (χ1) is 10.8. The number of benzene rings is 1. The van der Waals surface area contributed by atoms with Crippen LogP contribution in [-0.2, 0) is 11.3 Å². The molecule has 4 rings (SSSR count). The number of fused-ring (bicyclic) bond motifs is 1. The van der Waals surface area contributed by atoms with Crippen molar-refractivity contribution in [3.8, 4) is 0 Å². The largest absolute Gasteiger partial charge is 0.423 e. The zero-order chi connectivity index (χ0) is 14.9. The van der Waals surface area contributed by atoms with Gasteiger partial charge in [0.2, 0.25) is 0 Å². The van der Waals surface area contributed by atoms with Crippen molar-refractivity contribution in [2.45, 2.75) is 19.6 Å². The van der Waals surface area contributed by atoms with Crippen molar-refractivity contribution >= 4 is 17.1 Å². The number of hydrogen-bond acceptors (Lipinski definition) is 6. The van der Waals surface area contributed by atoms with E-state index >= 15 is 0 Å². The lowest BCUT2D eigenvalue weighted by molar-refractivity contribution is 0.0256. The number of oxazole rings is 1. The second-order valence-corrected chi connectivity index (χ2v) is 5.53. The lowest BCUT2D eigenvalue weighted by atomic mass is 10.2. The maximum atomic E-state index is 5.87. The van der Waals surface area contributed by atoms with E-state index in [4.69, 9.17) is 9.15 Å². The molecule has 1 atom stereocenters. The lowest BCUT2D eigenvalue weighted by Crippen LogP contribution is -2.44. The summed E-state index contributed by atoms with van der Waals surface area (Å²) in [5.74, 6) is 0. The van der Waals surface area contributed by atoms with Crippen molar-refractivity contribution in [2.75, 3.05) is 24.6 Å². The van der Waals surface area contributed by atoms with Crippen LogP contribution in [0, 0.1) is 6.92 Å². The minimum Gasteiger partial charge on any atom is -0.423 e. The standard InChI is InChI=1S/C15H17N5O2/c1-11-2-3-14-13(8-11)17-15(22-14)19-6-7-21-12(9-19)10-20-5-4-16-18-20/h2-5,8,12H,6-7,9-10H2,1H3/t12-/m1/s1. The van der Waals surface area contributed by atoms with E-state index in [-0.39, 0.29) is 6.10 Å². The van der Waals surface area contributed by atoms with Crippen LogP contribution >= 0.6 is 0 Å². The highest BCUT2D eigenvalue weighted by Gasteiger charge is 2.24. The van der Waals surface area contributed by atoms with Crippen molar-refractivity contribution in [3.63, 3.8) is 0 Å². The Balaban J connectivity index is 1.53. The molecule has 114 valence electrons. The van der Waals surface area contributed by atoms with E-state index < -0.39 is 0 Å². The maximum absolute atomic E-state index is 5.87. The lowest BCUT2D eigenvalue weighted by Gasteiger charge is -2.31. The van der Waals surface area contributed by atoms with Crippen LogP contribution in [0.25, 0.3) is 11.1 Å². The SMILES string of the molecule is Cc1ccc2oc(N3CCO[C@@H](Cn4ccnn4)C3)nc2c1. The molecule has 0 N–H and O–H groups in total. The molecule has 0 spiro atoms. The van der Waals surface area contributed by atoms with E-state index in [0.717, 1.165) is 24.2 Å². The summed E-state index contributed by atoms with van der Waals surface area (Å²) in [7, 11) is 0. The van der Waals surface area contributed by atoms with Crippen LogP contribution in [0.15, 0.2) is 35.0 Å². The Kier molecular flexibility index (Phi) is 3.27. The van der Waals surface area contributed by atoms with Gasteiger partial charge in [-0.2, -0.15) is 4.98 Å². The molecule has 7 nitrogen and oxygen atoms in total. The number of anilines is 1. The van der Waals surface area contributed by atoms with Crippen LogP contribution in [-0.4, -0.2) is 45.8 Å². The van der Waals surface area contributed by atoms with Crippen LogP contribution < -0.4 is 4.90 Å². The van der Waals surface area contributed by atoms with Crippen molar-refractivity contribution in [2.24, 2.45) is 0 Å². The quantitative estimate of drug-likeness (QED) is 0.732. The summed E-state index contributed by atoms with van der Waals surface area (Å²) in [5.41, 5.74) is 2.90. The molecule has 1 fully saturated rings. The maximum Gasteiger partial charge on any atom is 0.298 e. The van der Waals surface area contributed by atoms with Gasteiger partial charge >= 0.3 is 0 Å². The molecule has 1 aliphatic heterocycles. The van der Waals surface area contributed by atoms with E-state index in [0.29, 0.717) is 19.2 Å². The number of ether oxygens (including phenoxy) is 1. The average Bonchev–Trinajstić information content (AvgIpc) is 3.16. The van der Waals surface area contributed by atoms with Crippen LogP contribution in [0.3, 0.4) is 0 Å². The summed E-state index contributed by atoms with van der Waals surface area (Å²) >= 11 is 0. The van der Waals surface area contributed by atoms with Crippen molar-refractivity contribution in [1.29, 1.82) is 0 Å². The summed E-state index contributed by atoms with van der Waals surface area (Å²) in [6.45, 7) is 4.88. The van der Waals surface area contributed by atoms with Gasteiger partial charge in [0.25, 0.3) is 6.01 Å². The summed E-state index contributed by atoms with van der Waals surface area (Å²) in [4.78, 5) is 6.72. The van der Waals surface area contributed by atoms with Crippen LogP contribution in [0.5, 0.6) is 0 Å². The van der Waals surface area contributed by atoms with E-state index in [1.54, 1.807) is 10.9 Å². The molecule has 0 bridgehead atoms. The Morgan fingerprint density at radius 3 is 3.18 bits per heavy atom. The summed E-state index contributed by atoms with van der Waals surface area (Å²) in [6.07, 6.45) is 3.56. The molecule has 2 aromatic heterocycles. The highest BCUT2D eigenvalue weighted by atomic mass is 16.5. The topological polar surface area (TPSA) is 69.2 Å². The van der Waals surface area contributed by atoms with Crippen molar-refractivity contribution in [3.05, 3.63) is 36.2 Å². The zero-order valence-electron chi connectivity index (χ0n) is 12.3. The summed E-state index contributed by atoms with van der Waals surface area (Å²) in [5, 5.41) is 7.80. The van der Waals surface area contributed by atoms with Gasteiger partial charge in [-0.15, -0.1) is 5.10 Å². The van der Waals surface area contributed by atoms with E-state index in [2.05, 4.69) is 27.1 Å². The van der Waals surface area contributed by atoms with Crippen LogP contribution in [0.4, 0.5) is 6.01 Å². The van der Waals surface area contributed by atoms with E-state index in [1.165, 1.54) is 5.56 Å². The molecule has 1 aromatic carbocycles. The molecular formula is C15H17N5O2. The van der Waals surface area contributed by atoms with Crippen molar-refractivity contribution in [1.82, 2.24) is 20.0 Å². The number of rotatable bonds is 3. The molecular weight excluding hydrogens is 282 g/mol. The molecule has 0 aliphatic carbocycles. The summed E-state index contributed by atoms with van der Waals surface area (Å²) < 4.78 is 13.4. The molecule has 7 heteroatoms. The third-order valence-corrected chi connectivity index (χ3v) is 3.80. The normalized spacial score (nSPS) is 19.0. The van der Waals surface area contributed by atoms with Gasteiger partial charge in [-0.1, -0.05) is 11.3 Å². The predicted octanol–water partition coefficient (Wildman–Crippen LogP) is 1.63. The molecule has 22 heavy (non-hydrogen) atoms. The molecule has 3 aromatic rings. The van der Waals surface area contributed by atoms with E-state index in [1.807, 2.05) is 24.4 Å². The van der Waals surface area contributed by atoms with Gasteiger partial charge in [0.05, 0.1) is 32.0 Å². The fourth-order valence-corrected chi connectivity index (χ4v) is 2.70. The fourth-order valence-electron chi connectivity index (χ4n) is 2.70. The Hall–Kier alpha value is -2.41. The van der Waals surface area contributed by atoms with Gasteiger partial charge in [0.15, 0.2) is 5.58 Å². The predicted molar refractivity (Wildman–Crippen MR) is 80.7 cm³/mol. The van der Waals surface area contributed by atoms with Crippen molar-refractivity contribution < 1.29 is 9.15 Å². The first kappa shape index (κ1) is 13.3. The molecule has 0 amide bonds. The molecule has 0 radical (unpaired) electrons. The van der Waals surface area contributed by atoms with Gasteiger partial charge in [-0.3, -0.25) is 0 Å². The molecule has 0 saturated carbocycles.